The van der Waals surface area contributed by atoms with Crippen LogP contribution in [0.25, 0.3) is 16.8 Å². The highest BCUT2D eigenvalue weighted by molar-refractivity contribution is 5.76. The smallest absolute Gasteiger partial charge is 0.0961 e. The van der Waals surface area contributed by atoms with Crippen molar-refractivity contribution in [2.75, 3.05) is 0 Å². The van der Waals surface area contributed by atoms with Crippen molar-refractivity contribution in [2.24, 2.45) is 0 Å². The Morgan fingerprint density at radius 2 is 1.86 bits per heavy atom. The summed E-state index contributed by atoms with van der Waals surface area (Å²) in [5.41, 5.74) is 4.69. The third-order valence-corrected chi connectivity index (χ3v) is 4.71. The Labute approximate surface area is 132 Å². The first-order valence-corrected chi connectivity index (χ1v) is 8.14. The molecule has 0 bridgehead atoms. The summed E-state index contributed by atoms with van der Waals surface area (Å²) in [4.78, 5) is 4.71. The number of hydrogen-bond donors (Lipinski definition) is 1. The van der Waals surface area contributed by atoms with E-state index in [0.29, 0.717) is 6.04 Å². The van der Waals surface area contributed by atoms with Crippen LogP contribution in [-0.2, 0) is 0 Å². The molecule has 1 aromatic heterocycles. The molecule has 0 amide bonds. The Hall–Kier alpha value is -1.87. The number of benzene rings is 1. The lowest BCUT2D eigenvalue weighted by molar-refractivity contribution is 0.110. The standard InChI is InChI=1S/C19H24N2O/c1-3-14(2)19-18(15-7-5-4-6-8-15)20-13-21(19)16-9-11-17(22)12-10-16/h3-8,13,16-17,22H,9-12H2,1-2H3/b14-3+. The van der Waals surface area contributed by atoms with Gasteiger partial charge in [0.15, 0.2) is 0 Å². The fourth-order valence-electron chi connectivity index (χ4n) is 3.31. The van der Waals surface area contributed by atoms with Crippen LogP contribution in [-0.4, -0.2) is 20.8 Å². The quantitative estimate of drug-likeness (QED) is 0.908. The summed E-state index contributed by atoms with van der Waals surface area (Å²) < 4.78 is 2.32. The zero-order chi connectivity index (χ0) is 15.5. The Kier molecular flexibility index (Phi) is 4.44. The molecule has 0 atom stereocenters. The van der Waals surface area contributed by atoms with Gasteiger partial charge in [-0.25, -0.2) is 4.98 Å². The molecule has 1 fully saturated rings. The molecule has 1 heterocycles. The minimum atomic E-state index is -0.125. The van der Waals surface area contributed by atoms with E-state index < -0.39 is 0 Å². The number of aromatic nitrogens is 2. The molecule has 3 nitrogen and oxygen atoms in total. The molecule has 2 aromatic rings. The lowest BCUT2D eigenvalue weighted by atomic mass is 9.92. The van der Waals surface area contributed by atoms with Gasteiger partial charge in [-0.1, -0.05) is 36.4 Å². The van der Waals surface area contributed by atoms with Crippen molar-refractivity contribution in [1.82, 2.24) is 9.55 Å². The van der Waals surface area contributed by atoms with Crippen LogP contribution in [0.4, 0.5) is 0 Å². The summed E-state index contributed by atoms with van der Waals surface area (Å²) in [7, 11) is 0. The van der Waals surface area contributed by atoms with E-state index in [9.17, 15) is 5.11 Å². The molecule has 0 aliphatic heterocycles. The lowest BCUT2D eigenvalue weighted by Crippen LogP contribution is -2.21. The van der Waals surface area contributed by atoms with Crippen LogP contribution in [0.2, 0.25) is 0 Å². The van der Waals surface area contributed by atoms with Crippen LogP contribution in [0, 0.1) is 0 Å². The summed E-state index contributed by atoms with van der Waals surface area (Å²) in [6.07, 6.45) is 7.82. The van der Waals surface area contributed by atoms with Crippen LogP contribution < -0.4 is 0 Å². The van der Waals surface area contributed by atoms with Gasteiger partial charge in [0, 0.05) is 11.6 Å². The van der Waals surface area contributed by atoms with Gasteiger partial charge < -0.3 is 9.67 Å². The van der Waals surface area contributed by atoms with E-state index in [1.165, 1.54) is 11.3 Å². The third-order valence-electron chi connectivity index (χ3n) is 4.71. The molecule has 3 heteroatoms. The maximum absolute atomic E-state index is 9.75. The van der Waals surface area contributed by atoms with Gasteiger partial charge >= 0.3 is 0 Å². The Bertz CT molecular complexity index is 649. The van der Waals surface area contributed by atoms with Crippen molar-refractivity contribution in [3.8, 4) is 11.3 Å². The molecule has 1 aliphatic rings. The molecular weight excluding hydrogens is 272 g/mol. The predicted octanol–water partition coefficient (Wildman–Crippen LogP) is 4.45. The van der Waals surface area contributed by atoms with Gasteiger partial charge in [0.2, 0.25) is 0 Å². The zero-order valence-electron chi connectivity index (χ0n) is 13.4. The van der Waals surface area contributed by atoms with Crippen LogP contribution >= 0.6 is 0 Å². The number of imidazole rings is 1. The minimum Gasteiger partial charge on any atom is -0.393 e. The Morgan fingerprint density at radius 3 is 2.50 bits per heavy atom. The average Bonchev–Trinajstić information content (AvgIpc) is 3.00. The Morgan fingerprint density at radius 1 is 1.18 bits per heavy atom. The maximum atomic E-state index is 9.75. The number of aliphatic hydroxyl groups is 1. The largest absolute Gasteiger partial charge is 0.393 e. The summed E-state index contributed by atoms with van der Waals surface area (Å²) in [5.74, 6) is 0. The molecule has 0 spiro atoms. The molecule has 0 radical (unpaired) electrons. The molecule has 1 aromatic carbocycles. The topological polar surface area (TPSA) is 38.0 Å². The minimum absolute atomic E-state index is 0.125. The number of allylic oxidation sites excluding steroid dienone is 2. The van der Waals surface area contributed by atoms with E-state index in [4.69, 9.17) is 4.98 Å². The molecule has 1 N–H and O–H groups in total. The Balaban J connectivity index is 2.03. The van der Waals surface area contributed by atoms with Crippen molar-refractivity contribution in [2.45, 2.75) is 51.7 Å². The van der Waals surface area contributed by atoms with Gasteiger partial charge in [-0.15, -0.1) is 0 Å². The van der Waals surface area contributed by atoms with Crippen LogP contribution in [0.3, 0.4) is 0 Å². The number of hydrogen-bond acceptors (Lipinski definition) is 2. The summed E-state index contributed by atoms with van der Waals surface area (Å²) in [5, 5.41) is 9.75. The van der Waals surface area contributed by atoms with Gasteiger partial charge in [0.1, 0.15) is 0 Å². The first-order chi connectivity index (χ1) is 10.7. The van der Waals surface area contributed by atoms with E-state index in [0.717, 1.165) is 36.9 Å². The maximum Gasteiger partial charge on any atom is 0.0961 e. The summed E-state index contributed by atoms with van der Waals surface area (Å²) in [6, 6.07) is 10.8. The van der Waals surface area contributed by atoms with Crippen molar-refractivity contribution >= 4 is 5.57 Å². The second kappa shape index (κ2) is 6.49. The fourth-order valence-corrected chi connectivity index (χ4v) is 3.31. The van der Waals surface area contributed by atoms with Crippen LogP contribution in [0.1, 0.15) is 51.3 Å². The first kappa shape index (κ1) is 15.0. The number of rotatable bonds is 3. The van der Waals surface area contributed by atoms with E-state index in [-0.39, 0.29) is 6.10 Å². The van der Waals surface area contributed by atoms with Crippen molar-refractivity contribution in [3.63, 3.8) is 0 Å². The molecular formula is C19H24N2O. The van der Waals surface area contributed by atoms with Gasteiger partial charge in [0.05, 0.1) is 23.8 Å². The third kappa shape index (κ3) is 2.86. The predicted molar refractivity (Wildman–Crippen MR) is 90.5 cm³/mol. The summed E-state index contributed by atoms with van der Waals surface area (Å²) in [6.45, 7) is 4.23. The van der Waals surface area contributed by atoms with Crippen molar-refractivity contribution in [3.05, 3.63) is 48.4 Å². The van der Waals surface area contributed by atoms with Crippen molar-refractivity contribution in [1.29, 1.82) is 0 Å². The van der Waals surface area contributed by atoms with E-state index >= 15 is 0 Å². The highest BCUT2D eigenvalue weighted by Gasteiger charge is 2.24. The van der Waals surface area contributed by atoms with Gasteiger partial charge in [0.25, 0.3) is 0 Å². The second-order valence-electron chi connectivity index (χ2n) is 6.15. The molecule has 1 saturated carbocycles. The molecule has 3 rings (SSSR count). The van der Waals surface area contributed by atoms with E-state index in [1.54, 1.807) is 0 Å². The van der Waals surface area contributed by atoms with E-state index in [1.807, 2.05) is 12.4 Å². The monoisotopic (exact) mass is 296 g/mol. The van der Waals surface area contributed by atoms with E-state index in [2.05, 4.69) is 48.8 Å². The highest BCUT2D eigenvalue weighted by Crippen LogP contribution is 2.35. The number of aliphatic hydroxyl groups excluding tert-OH is 1. The SMILES string of the molecule is C/C=C(\C)c1c(-c2ccccc2)ncn1C1CCC(O)CC1. The first-order valence-electron chi connectivity index (χ1n) is 8.14. The average molecular weight is 296 g/mol. The van der Waals surface area contributed by atoms with Crippen LogP contribution in [0.5, 0.6) is 0 Å². The molecule has 0 unspecified atom stereocenters. The van der Waals surface area contributed by atoms with Gasteiger partial charge in [-0.3, -0.25) is 0 Å². The zero-order valence-corrected chi connectivity index (χ0v) is 13.4. The highest BCUT2D eigenvalue weighted by atomic mass is 16.3. The molecule has 1 aliphatic carbocycles. The van der Waals surface area contributed by atoms with Crippen LogP contribution in [0.15, 0.2) is 42.7 Å². The summed E-state index contributed by atoms with van der Waals surface area (Å²) >= 11 is 0. The van der Waals surface area contributed by atoms with Gasteiger partial charge in [-0.05, 0) is 45.1 Å². The van der Waals surface area contributed by atoms with Gasteiger partial charge in [-0.2, -0.15) is 0 Å². The molecule has 0 saturated heterocycles. The van der Waals surface area contributed by atoms with Crippen molar-refractivity contribution < 1.29 is 5.11 Å². The normalized spacial score (nSPS) is 22.8. The molecule has 116 valence electrons. The second-order valence-corrected chi connectivity index (χ2v) is 6.15. The lowest BCUT2D eigenvalue weighted by Gasteiger charge is -2.28. The molecule has 22 heavy (non-hydrogen) atoms. The fraction of sp³-hybridized carbons (Fsp3) is 0.421. The number of nitrogens with zero attached hydrogens (tertiary/aromatic N) is 2.